The van der Waals surface area contributed by atoms with E-state index in [-0.39, 0.29) is 6.04 Å². The van der Waals surface area contributed by atoms with E-state index < -0.39 is 0 Å². The quantitative estimate of drug-likeness (QED) is 0.851. The van der Waals surface area contributed by atoms with E-state index in [0.717, 1.165) is 6.54 Å². The van der Waals surface area contributed by atoms with Crippen molar-refractivity contribution in [3.8, 4) is 0 Å². The van der Waals surface area contributed by atoms with Gasteiger partial charge in [0.05, 0.1) is 0 Å². The molecule has 1 aromatic heterocycles. The molecule has 1 aromatic carbocycles. The SMILES string of the molecule is Cc1ccccc1C(CN)NCc1cccs1. The molecule has 17 heavy (non-hydrogen) atoms. The Hall–Kier alpha value is -1.16. The maximum Gasteiger partial charge on any atom is 0.0450 e. The maximum atomic E-state index is 5.85. The first-order valence-electron chi connectivity index (χ1n) is 5.82. The maximum absolute atomic E-state index is 5.85. The molecule has 0 aliphatic rings. The zero-order valence-electron chi connectivity index (χ0n) is 10.0. The van der Waals surface area contributed by atoms with Crippen LogP contribution in [-0.4, -0.2) is 6.54 Å². The van der Waals surface area contributed by atoms with Gasteiger partial charge in [-0.3, -0.25) is 0 Å². The smallest absolute Gasteiger partial charge is 0.0450 e. The first kappa shape index (κ1) is 12.3. The van der Waals surface area contributed by atoms with Gasteiger partial charge < -0.3 is 11.1 Å². The van der Waals surface area contributed by atoms with E-state index in [0.29, 0.717) is 6.54 Å². The summed E-state index contributed by atoms with van der Waals surface area (Å²) in [5.41, 5.74) is 8.44. The van der Waals surface area contributed by atoms with Crippen molar-refractivity contribution >= 4 is 11.3 Å². The number of rotatable bonds is 5. The third-order valence-corrected chi connectivity index (χ3v) is 3.78. The Morgan fingerprint density at radius 2 is 2.06 bits per heavy atom. The van der Waals surface area contributed by atoms with E-state index in [1.807, 2.05) is 0 Å². The van der Waals surface area contributed by atoms with Gasteiger partial charge >= 0.3 is 0 Å². The van der Waals surface area contributed by atoms with E-state index in [1.54, 1.807) is 11.3 Å². The van der Waals surface area contributed by atoms with Crippen molar-refractivity contribution in [1.29, 1.82) is 0 Å². The molecule has 0 radical (unpaired) electrons. The molecule has 0 saturated heterocycles. The summed E-state index contributed by atoms with van der Waals surface area (Å²) in [6, 6.07) is 12.9. The van der Waals surface area contributed by atoms with Gasteiger partial charge in [-0.1, -0.05) is 30.3 Å². The van der Waals surface area contributed by atoms with Gasteiger partial charge in [-0.15, -0.1) is 11.3 Å². The van der Waals surface area contributed by atoms with Crippen molar-refractivity contribution in [2.75, 3.05) is 6.54 Å². The molecule has 1 atom stereocenters. The fraction of sp³-hybridized carbons (Fsp3) is 0.286. The van der Waals surface area contributed by atoms with Crippen LogP contribution in [0.5, 0.6) is 0 Å². The number of thiophene rings is 1. The van der Waals surface area contributed by atoms with Crippen molar-refractivity contribution in [2.24, 2.45) is 5.73 Å². The highest BCUT2D eigenvalue weighted by atomic mass is 32.1. The molecule has 2 nitrogen and oxygen atoms in total. The largest absolute Gasteiger partial charge is 0.329 e. The number of hydrogen-bond acceptors (Lipinski definition) is 3. The van der Waals surface area contributed by atoms with E-state index >= 15 is 0 Å². The highest BCUT2D eigenvalue weighted by molar-refractivity contribution is 7.09. The Morgan fingerprint density at radius 3 is 2.71 bits per heavy atom. The van der Waals surface area contributed by atoms with Crippen LogP contribution in [0.2, 0.25) is 0 Å². The lowest BCUT2D eigenvalue weighted by Gasteiger charge is -2.18. The molecule has 0 aliphatic carbocycles. The van der Waals surface area contributed by atoms with Gasteiger partial charge in [0.15, 0.2) is 0 Å². The molecule has 0 amide bonds. The van der Waals surface area contributed by atoms with E-state index in [9.17, 15) is 0 Å². The van der Waals surface area contributed by atoms with E-state index in [4.69, 9.17) is 5.73 Å². The number of nitrogens with two attached hydrogens (primary N) is 1. The minimum atomic E-state index is 0.235. The van der Waals surface area contributed by atoms with Crippen LogP contribution >= 0.6 is 11.3 Å². The Kier molecular flexibility index (Phi) is 4.31. The molecule has 3 heteroatoms. The van der Waals surface area contributed by atoms with Crippen LogP contribution in [0.3, 0.4) is 0 Å². The van der Waals surface area contributed by atoms with Crippen LogP contribution in [0, 0.1) is 6.92 Å². The molecule has 3 N–H and O–H groups in total. The van der Waals surface area contributed by atoms with Crippen molar-refractivity contribution in [3.05, 3.63) is 57.8 Å². The zero-order chi connectivity index (χ0) is 12.1. The number of benzene rings is 1. The minimum absolute atomic E-state index is 0.235. The lowest BCUT2D eigenvalue weighted by Crippen LogP contribution is -2.28. The molecule has 2 aromatic rings. The summed E-state index contributed by atoms with van der Waals surface area (Å²) < 4.78 is 0. The Labute approximate surface area is 106 Å². The Bertz CT molecular complexity index is 451. The summed E-state index contributed by atoms with van der Waals surface area (Å²) in [6.07, 6.45) is 0. The molecule has 1 heterocycles. The van der Waals surface area contributed by atoms with Gasteiger partial charge in [-0.2, -0.15) is 0 Å². The highest BCUT2D eigenvalue weighted by Crippen LogP contribution is 2.17. The average molecular weight is 246 g/mol. The number of hydrogen-bond donors (Lipinski definition) is 2. The topological polar surface area (TPSA) is 38.0 Å². The van der Waals surface area contributed by atoms with Gasteiger partial charge in [0.2, 0.25) is 0 Å². The predicted octanol–water partition coefficient (Wildman–Crippen LogP) is 2.85. The lowest BCUT2D eigenvalue weighted by atomic mass is 10.0. The van der Waals surface area contributed by atoms with Crippen molar-refractivity contribution in [1.82, 2.24) is 5.32 Å². The van der Waals surface area contributed by atoms with Crippen LogP contribution in [0.1, 0.15) is 22.0 Å². The second kappa shape index (κ2) is 5.96. The summed E-state index contributed by atoms with van der Waals surface area (Å²) in [5, 5.41) is 5.61. The zero-order valence-corrected chi connectivity index (χ0v) is 10.8. The average Bonchev–Trinajstić information content (AvgIpc) is 2.85. The van der Waals surface area contributed by atoms with Crippen LogP contribution in [0.15, 0.2) is 41.8 Å². The fourth-order valence-electron chi connectivity index (χ4n) is 1.93. The monoisotopic (exact) mass is 246 g/mol. The van der Waals surface area contributed by atoms with Crippen molar-refractivity contribution < 1.29 is 0 Å². The van der Waals surface area contributed by atoms with Crippen LogP contribution in [-0.2, 0) is 6.54 Å². The molecule has 2 rings (SSSR count). The molecule has 0 fully saturated rings. The molecule has 1 unspecified atom stereocenters. The highest BCUT2D eigenvalue weighted by Gasteiger charge is 2.10. The van der Waals surface area contributed by atoms with Gasteiger partial charge in [0.25, 0.3) is 0 Å². The van der Waals surface area contributed by atoms with E-state index in [1.165, 1.54) is 16.0 Å². The molecular formula is C14H18N2S. The second-order valence-electron chi connectivity index (χ2n) is 4.11. The van der Waals surface area contributed by atoms with Crippen LogP contribution in [0.4, 0.5) is 0 Å². The summed E-state index contributed by atoms with van der Waals surface area (Å²) in [6.45, 7) is 3.63. The van der Waals surface area contributed by atoms with E-state index in [2.05, 4.69) is 54.0 Å². The van der Waals surface area contributed by atoms with Crippen LogP contribution in [0.25, 0.3) is 0 Å². The Morgan fingerprint density at radius 1 is 1.24 bits per heavy atom. The summed E-state index contributed by atoms with van der Waals surface area (Å²) in [7, 11) is 0. The molecule has 0 aliphatic heterocycles. The molecule has 0 saturated carbocycles. The Balaban J connectivity index is 2.04. The normalized spacial score (nSPS) is 12.6. The van der Waals surface area contributed by atoms with Gasteiger partial charge in [0.1, 0.15) is 0 Å². The van der Waals surface area contributed by atoms with Crippen molar-refractivity contribution in [2.45, 2.75) is 19.5 Å². The van der Waals surface area contributed by atoms with Gasteiger partial charge in [0, 0.05) is 24.0 Å². The molecule has 0 spiro atoms. The first-order chi connectivity index (χ1) is 8.31. The standard InChI is InChI=1S/C14H18N2S/c1-11-5-2-3-7-13(11)14(9-15)16-10-12-6-4-8-17-12/h2-8,14,16H,9-10,15H2,1H3. The second-order valence-corrected chi connectivity index (χ2v) is 5.14. The number of aryl methyl sites for hydroxylation is 1. The minimum Gasteiger partial charge on any atom is -0.329 e. The van der Waals surface area contributed by atoms with Crippen molar-refractivity contribution in [3.63, 3.8) is 0 Å². The lowest BCUT2D eigenvalue weighted by molar-refractivity contribution is 0.543. The third kappa shape index (κ3) is 3.16. The van der Waals surface area contributed by atoms with Gasteiger partial charge in [-0.25, -0.2) is 0 Å². The predicted molar refractivity (Wildman–Crippen MR) is 74.1 cm³/mol. The molecular weight excluding hydrogens is 228 g/mol. The summed E-state index contributed by atoms with van der Waals surface area (Å²) in [4.78, 5) is 1.34. The molecule has 0 bridgehead atoms. The molecule has 90 valence electrons. The summed E-state index contributed by atoms with van der Waals surface area (Å²) in [5.74, 6) is 0. The third-order valence-electron chi connectivity index (χ3n) is 2.90. The van der Waals surface area contributed by atoms with Crippen LogP contribution < -0.4 is 11.1 Å². The first-order valence-corrected chi connectivity index (χ1v) is 6.70. The summed E-state index contributed by atoms with van der Waals surface area (Å²) >= 11 is 1.77. The van der Waals surface area contributed by atoms with Gasteiger partial charge in [-0.05, 0) is 29.5 Å². The number of nitrogens with one attached hydrogen (secondary N) is 1. The fourth-order valence-corrected chi connectivity index (χ4v) is 2.59.